The van der Waals surface area contributed by atoms with Gasteiger partial charge in [0.25, 0.3) is 0 Å². The highest BCUT2D eigenvalue weighted by atomic mass is 16.5. The molecule has 0 aliphatic carbocycles. The number of ether oxygens (including phenoxy) is 2. The van der Waals surface area contributed by atoms with Crippen molar-refractivity contribution in [3.63, 3.8) is 0 Å². The summed E-state index contributed by atoms with van der Waals surface area (Å²) in [5.74, 6) is -0.610. The minimum Gasteiger partial charge on any atom is -0.481 e. The third kappa shape index (κ3) is 4.14. The number of carbonyl (C=O) groups is 2. The largest absolute Gasteiger partial charge is 0.481 e. The maximum Gasteiger partial charge on any atom is 0.409 e. The summed E-state index contributed by atoms with van der Waals surface area (Å²) >= 11 is 0. The molecule has 0 saturated carbocycles. The molecule has 178 valence electrons. The Bertz CT molecular complexity index is 1200. The molecule has 0 spiro atoms. The van der Waals surface area contributed by atoms with Crippen LogP contribution in [0.5, 0.6) is 0 Å². The van der Waals surface area contributed by atoms with Gasteiger partial charge in [-0.25, -0.2) is 9.78 Å². The van der Waals surface area contributed by atoms with Crippen LogP contribution >= 0.6 is 0 Å². The predicted octanol–water partition coefficient (Wildman–Crippen LogP) is 3.92. The van der Waals surface area contributed by atoms with Gasteiger partial charge in [0.15, 0.2) is 0 Å². The smallest absolute Gasteiger partial charge is 0.409 e. The monoisotopic (exact) mass is 463 g/mol. The highest BCUT2D eigenvalue weighted by molar-refractivity contribution is 5.83. The Hall–Kier alpha value is -3.39. The molecule has 8 nitrogen and oxygen atoms in total. The molecule has 2 aromatic carbocycles. The van der Waals surface area contributed by atoms with Gasteiger partial charge >= 0.3 is 12.1 Å². The molecule has 34 heavy (non-hydrogen) atoms. The fourth-order valence-electron chi connectivity index (χ4n) is 5.17. The molecule has 5 rings (SSSR count). The lowest BCUT2D eigenvalue weighted by Gasteiger charge is -2.27. The van der Waals surface area contributed by atoms with Gasteiger partial charge in [0.05, 0.1) is 37.2 Å². The van der Waals surface area contributed by atoms with Crippen LogP contribution in [0.4, 0.5) is 4.79 Å². The first-order valence-electron chi connectivity index (χ1n) is 11.8. The molecule has 2 atom stereocenters. The van der Waals surface area contributed by atoms with Gasteiger partial charge in [0.2, 0.25) is 0 Å². The highest BCUT2D eigenvalue weighted by Crippen LogP contribution is 2.34. The fourth-order valence-corrected chi connectivity index (χ4v) is 5.17. The molecule has 2 aliphatic rings. The van der Waals surface area contributed by atoms with Gasteiger partial charge in [0, 0.05) is 31.2 Å². The highest BCUT2D eigenvalue weighted by Gasteiger charge is 2.30. The van der Waals surface area contributed by atoms with Crippen molar-refractivity contribution in [1.82, 2.24) is 14.5 Å². The molecule has 3 heterocycles. The Morgan fingerprint density at radius 2 is 2.06 bits per heavy atom. The van der Waals surface area contributed by atoms with Crippen LogP contribution in [0, 0.1) is 0 Å². The van der Waals surface area contributed by atoms with Gasteiger partial charge < -0.3 is 24.0 Å². The standard InChI is InChI=1S/C26H29N3O5/c1-33-26(32)28-12-11-18-9-10-22-23(20(18)14-28)27-24(19-8-5-13-34-16-19)29(22)15-21(25(30)31)17-6-3-2-4-7-17/h2-4,6-7,9-10,19,21H,5,8,11-16H2,1H3,(H,30,31)/t19-,21+/m0/s1. The quantitative estimate of drug-likeness (QED) is 0.616. The van der Waals surface area contributed by atoms with Gasteiger partial charge in [-0.15, -0.1) is 0 Å². The number of fused-ring (bicyclic) bond motifs is 3. The van der Waals surface area contributed by atoms with Crippen molar-refractivity contribution in [2.75, 3.05) is 26.9 Å². The number of methoxy groups -OCH3 is 1. The van der Waals surface area contributed by atoms with Crippen LogP contribution in [0.3, 0.4) is 0 Å². The number of hydrogen-bond acceptors (Lipinski definition) is 5. The predicted molar refractivity (Wildman–Crippen MR) is 126 cm³/mol. The lowest BCUT2D eigenvalue weighted by molar-refractivity contribution is -0.139. The summed E-state index contributed by atoms with van der Waals surface area (Å²) in [7, 11) is 1.39. The van der Waals surface area contributed by atoms with Crippen LogP contribution in [0.1, 0.15) is 47.2 Å². The number of amides is 1. The number of aromatic nitrogens is 2. The summed E-state index contributed by atoms with van der Waals surface area (Å²) in [5, 5.41) is 10.1. The van der Waals surface area contributed by atoms with E-state index < -0.39 is 11.9 Å². The number of aliphatic carboxylic acids is 1. The number of hydrogen-bond donors (Lipinski definition) is 1. The van der Waals surface area contributed by atoms with E-state index in [4.69, 9.17) is 14.5 Å². The van der Waals surface area contributed by atoms with E-state index in [9.17, 15) is 14.7 Å². The first-order valence-corrected chi connectivity index (χ1v) is 11.8. The van der Waals surface area contributed by atoms with Crippen molar-refractivity contribution in [1.29, 1.82) is 0 Å². The minimum atomic E-state index is -0.867. The zero-order valence-electron chi connectivity index (χ0n) is 19.3. The van der Waals surface area contributed by atoms with Gasteiger partial charge in [-0.3, -0.25) is 4.79 Å². The SMILES string of the molecule is COC(=O)N1CCc2ccc3c(nc([C@H]4CCCOC4)n3C[C@@H](C(=O)O)c3ccccc3)c2C1. The lowest BCUT2D eigenvalue weighted by atomic mass is 9.97. The summed E-state index contributed by atoms with van der Waals surface area (Å²) < 4.78 is 12.8. The van der Waals surface area contributed by atoms with E-state index in [1.165, 1.54) is 12.7 Å². The summed E-state index contributed by atoms with van der Waals surface area (Å²) in [4.78, 5) is 31.3. The molecule has 2 aliphatic heterocycles. The number of imidazole rings is 1. The fraction of sp³-hybridized carbons (Fsp3) is 0.423. The summed E-state index contributed by atoms with van der Waals surface area (Å²) in [6, 6.07) is 13.5. The van der Waals surface area contributed by atoms with Crippen LogP contribution in [-0.2, 0) is 33.8 Å². The molecule has 0 radical (unpaired) electrons. The molecule has 8 heteroatoms. The van der Waals surface area contributed by atoms with E-state index in [0.29, 0.717) is 19.7 Å². The molecule has 1 N–H and O–H groups in total. The van der Waals surface area contributed by atoms with Crippen molar-refractivity contribution >= 4 is 23.1 Å². The molecule has 1 saturated heterocycles. The van der Waals surface area contributed by atoms with Crippen LogP contribution in [0.15, 0.2) is 42.5 Å². The Balaban J connectivity index is 1.62. The molecule has 0 unspecified atom stereocenters. The van der Waals surface area contributed by atoms with Crippen molar-refractivity contribution in [3.05, 3.63) is 65.0 Å². The summed E-state index contributed by atoms with van der Waals surface area (Å²) in [5.41, 5.74) is 4.67. The second kappa shape index (κ2) is 9.46. The van der Waals surface area contributed by atoms with E-state index in [-0.39, 0.29) is 18.6 Å². The first kappa shape index (κ1) is 22.4. The first-order chi connectivity index (χ1) is 16.6. The number of carbonyl (C=O) groups excluding carboxylic acids is 1. The maximum atomic E-state index is 12.3. The number of carboxylic acids is 1. The molecule has 0 bridgehead atoms. The van der Waals surface area contributed by atoms with Gasteiger partial charge in [-0.2, -0.15) is 0 Å². The second-order valence-electron chi connectivity index (χ2n) is 9.01. The van der Waals surface area contributed by atoms with E-state index in [2.05, 4.69) is 10.6 Å². The molecular formula is C26H29N3O5. The number of carboxylic acid groups (broad SMARTS) is 1. The van der Waals surface area contributed by atoms with Crippen molar-refractivity contribution < 1.29 is 24.2 Å². The van der Waals surface area contributed by atoms with Crippen molar-refractivity contribution in [2.24, 2.45) is 0 Å². The Morgan fingerprint density at radius 1 is 1.24 bits per heavy atom. The average Bonchev–Trinajstić information content (AvgIpc) is 3.26. The third-order valence-electron chi connectivity index (χ3n) is 6.98. The van der Waals surface area contributed by atoms with Gasteiger partial charge in [-0.1, -0.05) is 36.4 Å². The van der Waals surface area contributed by atoms with Crippen LogP contribution in [0.25, 0.3) is 11.0 Å². The van der Waals surface area contributed by atoms with Gasteiger partial charge in [-0.05, 0) is 36.5 Å². The molecule has 3 aromatic rings. The third-order valence-corrected chi connectivity index (χ3v) is 6.98. The Kier molecular flexibility index (Phi) is 6.24. The lowest BCUT2D eigenvalue weighted by Crippen LogP contribution is -2.35. The Morgan fingerprint density at radius 3 is 2.76 bits per heavy atom. The summed E-state index contributed by atoms with van der Waals surface area (Å²) in [6.45, 7) is 2.62. The van der Waals surface area contributed by atoms with E-state index in [1.807, 2.05) is 36.4 Å². The zero-order valence-corrected chi connectivity index (χ0v) is 19.3. The topological polar surface area (TPSA) is 93.9 Å². The van der Waals surface area contributed by atoms with E-state index in [1.54, 1.807) is 4.90 Å². The number of rotatable bonds is 5. The second-order valence-corrected chi connectivity index (χ2v) is 9.01. The van der Waals surface area contributed by atoms with Crippen LogP contribution in [0.2, 0.25) is 0 Å². The van der Waals surface area contributed by atoms with E-state index in [0.717, 1.165) is 53.9 Å². The van der Waals surface area contributed by atoms with E-state index >= 15 is 0 Å². The van der Waals surface area contributed by atoms with Crippen molar-refractivity contribution in [2.45, 2.75) is 44.2 Å². The number of nitrogens with zero attached hydrogens (tertiary/aromatic N) is 3. The maximum absolute atomic E-state index is 12.3. The Labute approximate surface area is 198 Å². The van der Waals surface area contributed by atoms with Crippen LogP contribution in [-0.4, -0.2) is 58.5 Å². The normalized spacial score (nSPS) is 19.0. The molecular weight excluding hydrogens is 434 g/mol. The summed E-state index contributed by atoms with van der Waals surface area (Å²) in [6.07, 6.45) is 2.28. The zero-order chi connectivity index (χ0) is 23.7. The van der Waals surface area contributed by atoms with Crippen LogP contribution < -0.4 is 0 Å². The number of benzene rings is 2. The average molecular weight is 464 g/mol. The molecule has 1 fully saturated rings. The van der Waals surface area contributed by atoms with Crippen molar-refractivity contribution in [3.8, 4) is 0 Å². The molecule has 1 amide bonds. The minimum absolute atomic E-state index is 0.0994. The molecule has 1 aromatic heterocycles. The van der Waals surface area contributed by atoms with Gasteiger partial charge in [0.1, 0.15) is 5.82 Å².